The van der Waals surface area contributed by atoms with Gasteiger partial charge in [-0.15, -0.1) is 0 Å². The third kappa shape index (κ3) is 8.18. The SMILES string of the molecule is CCOC(=O)CCCS(=O)(=O)Nc1ccc(OCOC)c(CC(O)c2ccc3ccc(C#N)cc3c2)c1. The van der Waals surface area contributed by atoms with Crippen LogP contribution in [-0.4, -0.2) is 45.8 Å². The number of benzene rings is 3. The van der Waals surface area contributed by atoms with Crippen molar-refractivity contribution in [1.29, 1.82) is 5.26 Å². The first kappa shape index (κ1) is 27.9. The quantitative estimate of drug-likeness (QED) is 0.252. The second kappa shape index (κ2) is 13.1. The van der Waals surface area contributed by atoms with E-state index in [0.717, 1.165) is 10.8 Å². The number of esters is 1. The summed E-state index contributed by atoms with van der Waals surface area (Å²) >= 11 is 0. The van der Waals surface area contributed by atoms with Crippen LogP contribution in [0.1, 0.15) is 42.6 Å². The summed E-state index contributed by atoms with van der Waals surface area (Å²) in [6, 6.07) is 17.7. The lowest BCUT2D eigenvalue weighted by Gasteiger charge is -2.17. The van der Waals surface area contributed by atoms with E-state index in [1.807, 2.05) is 24.3 Å². The van der Waals surface area contributed by atoms with Crippen LogP contribution in [-0.2, 0) is 30.7 Å². The number of rotatable bonds is 13. The molecule has 37 heavy (non-hydrogen) atoms. The maximum Gasteiger partial charge on any atom is 0.305 e. The van der Waals surface area contributed by atoms with E-state index in [-0.39, 0.29) is 38.4 Å². The molecule has 0 aliphatic heterocycles. The van der Waals surface area contributed by atoms with E-state index in [0.29, 0.717) is 28.1 Å². The van der Waals surface area contributed by atoms with Crippen molar-refractivity contribution >= 4 is 32.5 Å². The fraction of sp³-hybridized carbons (Fsp3) is 0.333. The first-order chi connectivity index (χ1) is 17.7. The number of ether oxygens (including phenoxy) is 3. The zero-order chi connectivity index (χ0) is 26.8. The molecule has 0 saturated carbocycles. The van der Waals surface area contributed by atoms with Crippen LogP contribution in [0.2, 0.25) is 0 Å². The molecular formula is C27H30N2O7S. The lowest BCUT2D eigenvalue weighted by Crippen LogP contribution is -2.18. The van der Waals surface area contributed by atoms with Gasteiger partial charge in [0.15, 0.2) is 6.79 Å². The van der Waals surface area contributed by atoms with Crippen LogP contribution in [0.4, 0.5) is 5.69 Å². The minimum absolute atomic E-state index is 0.0115. The largest absolute Gasteiger partial charge is 0.467 e. The highest BCUT2D eigenvalue weighted by atomic mass is 32.2. The van der Waals surface area contributed by atoms with Crippen LogP contribution in [0, 0.1) is 11.3 Å². The molecule has 3 aromatic rings. The fourth-order valence-corrected chi connectivity index (χ4v) is 4.92. The van der Waals surface area contributed by atoms with Crippen LogP contribution >= 0.6 is 0 Å². The lowest BCUT2D eigenvalue weighted by atomic mass is 9.97. The number of methoxy groups -OCH3 is 1. The highest BCUT2D eigenvalue weighted by Gasteiger charge is 2.17. The van der Waals surface area contributed by atoms with Crippen molar-refractivity contribution in [2.24, 2.45) is 0 Å². The van der Waals surface area contributed by atoms with Crippen molar-refractivity contribution < 1.29 is 32.5 Å². The maximum atomic E-state index is 12.5. The van der Waals surface area contributed by atoms with Crippen LogP contribution < -0.4 is 9.46 Å². The molecule has 1 unspecified atom stereocenters. The van der Waals surface area contributed by atoms with E-state index in [9.17, 15) is 23.6 Å². The number of nitriles is 1. The normalized spacial score (nSPS) is 12.1. The smallest absolute Gasteiger partial charge is 0.305 e. The van der Waals surface area contributed by atoms with E-state index >= 15 is 0 Å². The summed E-state index contributed by atoms with van der Waals surface area (Å²) in [5, 5.41) is 22.0. The molecule has 0 aliphatic carbocycles. The Bertz CT molecular complexity index is 1380. The van der Waals surface area contributed by atoms with E-state index in [1.54, 1.807) is 37.3 Å². The van der Waals surface area contributed by atoms with Crippen molar-refractivity contribution in [3.05, 3.63) is 71.3 Å². The molecule has 0 spiro atoms. The number of nitrogens with zero attached hydrogens (tertiary/aromatic N) is 1. The molecule has 0 aromatic heterocycles. The van der Waals surface area contributed by atoms with E-state index in [1.165, 1.54) is 7.11 Å². The van der Waals surface area contributed by atoms with Gasteiger partial charge < -0.3 is 19.3 Å². The number of carbonyl (C=O) groups excluding carboxylic acids is 1. The highest BCUT2D eigenvalue weighted by molar-refractivity contribution is 7.92. The fourth-order valence-electron chi connectivity index (χ4n) is 3.80. The average Bonchev–Trinajstić information content (AvgIpc) is 2.87. The van der Waals surface area contributed by atoms with Gasteiger partial charge in [-0.05, 0) is 71.6 Å². The van der Waals surface area contributed by atoms with Gasteiger partial charge in [0.25, 0.3) is 0 Å². The van der Waals surface area contributed by atoms with Gasteiger partial charge in [0.1, 0.15) is 5.75 Å². The number of fused-ring (bicyclic) bond motifs is 1. The Morgan fingerprint density at radius 2 is 1.89 bits per heavy atom. The van der Waals surface area contributed by atoms with Crippen molar-refractivity contribution in [3.63, 3.8) is 0 Å². The molecule has 0 aliphatic rings. The molecule has 2 N–H and O–H groups in total. The summed E-state index contributed by atoms with van der Waals surface area (Å²) in [6.45, 7) is 1.92. The number of sulfonamides is 1. The van der Waals surface area contributed by atoms with E-state index in [4.69, 9.17) is 14.2 Å². The lowest BCUT2D eigenvalue weighted by molar-refractivity contribution is -0.143. The number of aliphatic hydroxyl groups excluding tert-OH is 1. The van der Waals surface area contributed by atoms with Crippen LogP contribution in [0.5, 0.6) is 5.75 Å². The molecule has 3 rings (SSSR count). The molecule has 1 atom stereocenters. The van der Waals surface area contributed by atoms with Gasteiger partial charge in [-0.3, -0.25) is 9.52 Å². The Labute approximate surface area is 216 Å². The third-order valence-corrected chi connectivity index (χ3v) is 6.93. The molecular weight excluding hydrogens is 496 g/mol. The van der Waals surface area contributed by atoms with Crippen molar-refractivity contribution in [3.8, 4) is 11.8 Å². The Morgan fingerprint density at radius 1 is 1.11 bits per heavy atom. The van der Waals surface area contributed by atoms with Gasteiger partial charge in [-0.25, -0.2) is 8.42 Å². The van der Waals surface area contributed by atoms with Crippen molar-refractivity contribution in [2.75, 3.05) is 31.0 Å². The molecule has 0 saturated heterocycles. The minimum Gasteiger partial charge on any atom is -0.467 e. The molecule has 10 heteroatoms. The van der Waals surface area contributed by atoms with Crippen molar-refractivity contribution in [1.82, 2.24) is 0 Å². The number of hydrogen-bond acceptors (Lipinski definition) is 8. The van der Waals surface area contributed by atoms with Gasteiger partial charge in [0.2, 0.25) is 10.0 Å². The Hall–Kier alpha value is -3.65. The number of anilines is 1. The van der Waals surface area contributed by atoms with Crippen molar-refractivity contribution in [2.45, 2.75) is 32.3 Å². The zero-order valence-electron chi connectivity index (χ0n) is 20.8. The zero-order valence-corrected chi connectivity index (χ0v) is 21.6. The van der Waals surface area contributed by atoms with Gasteiger partial charge in [0.05, 0.1) is 30.1 Å². The predicted octanol–water partition coefficient (Wildman–Crippen LogP) is 4.06. The number of aliphatic hydroxyl groups is 1. The Morgan fingerprint density at radius 3 is 2.62 bits per heavy atom. The average molecular weight is 527 g/mol. The third-order valence-electron chi connectivity index (χ3n) is 5.56. The number of nitrogens with one attached hydrogen (secondary N) is 1. The molecule has 196 valence electrons. The monoisotopic (exact) mass is 526 g/mol. The second-order valence-electron chi connectivity index (χ2n) is 8.36. The van der Waals surface area contributed by atoms with E-state index < -0.39 is 22.1 Å². The van der Waals surface area contributed by atoms with Gasteiger partial charge in [-0.1, -0.05) is 18.2 Å². The van der Waals surface area contributed by atoms with Crippen LogP contribution in [0.25, 0.3) is 10.8 Å². The maximum absolute atomic E-state index is 12.5. The minimum atomic E-state index is -3.72. The summed E-state index contributed by atoms with van der Waals surface area (Å²) < 4.78 is 43.0. The van der Waals surface area contributed by atoms with Gasteiger partial charge in [0, 0.05) is 25.6 Å². The first-order valence-corrected chi connectivity index (χ1v) is 13.4. The molecule has 3 aromatic carbocycles. The van der Waals surface area contributed by atoms with Gasteiger partial charge >= 0.3 is 5.97 Å². The summed E-state index contributed by atoms with van der Waals surface area (Å²) in [5.74, 6) is -0.238. The van der Waals surface area contributed by atoms with Crippen LogP contribution in [0.3, 0.4) is 0 Å². The number of hydrogen-bond donors (Lipinski definition) is 2. The topological polar surface area (TPSA) is 135 Å². The van der Waals surface area contributed by atoms with E-state index in [2.05, 4.69) is 10.8 Å². The molecule has 9 nitrogen and oxygen atoms in total. The number of carbonyl (C=O) groups is 1. The summed E-state index contributed by atoms with van der Waals surface area (Å²) in [6.07, 6.45) is -0.639. The predicted molar refractivity (Wildman–Crippen MR) is 140 cm³/mol. The Kier molecular flexibility index (Phi) is 9.85. The summed E-state index contributed by atoms with van der Waals surface area (Å²) in [7, 11) is -2.23. The molecule has 0 amide bonds. The summed E-state index contributed by atoms with van der Waals surface area (Å²) in [4.78, 5) is 11.5. The van der Waals surface area contributed by atoms with Gasteiger partial charge in [-0.2, -0.15) is 5.26 Å². The molecule has 0 bridgehead atoms. The second-order valence-corrected chi connectivity index (χ2v) is 10.2. The first-order valence-electron chi connectivity index (χ1n) is 11.8. The molecule has 0 heterocycles. The summed E-state index contributed by atoms with van der Waals surface area (Å²) in [5.41, 5.74) is 2.05. The molecule has 0 fully saturated rings. The molecule has 0 radical (unpaired) electrons. The Balaban J connectivity index is 1.78. The van der Waals surface area contributed by atoms with Crippen LogP contribution in [0.15, 0.2) is 54.6 Å². The standard InChI is InChI=1S/C27H30N2O7S/c1-3-35-27(31)5-4-12-37(32,33)29-24-10-11-26(36-18-34-2)23(15-24)16-25(30)21-9-8-20-7-6-19(17-28)13-22(20)14-21/h6-11,13-15,25,29-30H,3-5,12,16,18H2,1-2H3. The highest BCUT2D eigenvalue weighted by Crippen LogP contribution is 2.30.